The molecule has 2 saturated carbocycles. The molecule has 4 atom stereocenters. The molecule has 0 amide bonds. The number of alkyl halides is 1. The summed E-state index contributed by atoms with van der Waals surface area (Å²) in [6, 6.07) is 0. The van der Waals surface area contributed by atoms with Crippen molar-refractivity contribution in [3.05, 3.63) is 0 Å². The van der Waals surface area contributed by atoms with Crippen LogP contribution >= 0.6 is 15.9 Å². The molecule has 0 aromatic heterocycles. The summed E-state index contributed by atoms with van der Waals surface area (Å²) in [6.07, 6.45) is 2.35. The third-order valence-electron chi connectivity index (χ3n) is 3.17. The standard InChI is InChI=1S/C8H13BrO2/c9-7-3-4-1-5(7)6(2-4)8(10)11/h4-8,10-11H,1-3H2. The van der Waals surface area contributed by atoms with Gasteiger partial charge in [0.1, 0.15) is 0 Å². The van der Waals surface area contributed by atoms with E-state index in [0.29, 0.717) is 10.7 Å². The Hall–Kier alpha value is 0.400. The van der Waals surface area contributed by atoms with Crippen molar-refractivity contribution in [2.75, 3.05) is 0 Å². The first-order valence-electron chi connectivity index (χ1n) is 4.18. The Morgan fingerprint density at radius 3 is 2.27 bits per heavy atom. The molecule has 0 heterocycles. The molecule has 2 N–H and O–H groups in total. The van der Waals surface area contributed by atoms with E-state index in [1.54, 1.807) is 0 Å². The van der Waals surface area contributed by atoms with Gasteiger partial charge in [-0.2, -0.15) is 0 Å². The van der Waals surface area contributed by atoms with Crippen molar-refractivity contribution in [2.24, 2.45) is 17.8 Å². The van der Waals surface area contributed by atoms with Gasteiger partial charge in [0.15, 0.2) is 6.29 Å². The SMILES string of the molecule is OC(O)C1CC2CC(Br)C1C2. The maximum atomic E-state index is 9.03. The molecule has 0 spiro atoms. The fourth-order valence-electron chi connectivity index (χ4n) is 2.66. The van der Waals surface area contributed by atoms with Gasteiger partial charge in [0.25, 0.3) is 0 Å². The molecule has 0 saturated heterocycles. The van der Waals surface area contributed by atoms with Gasteiger partial charge in [-0.15, -0.1) is 0 Å². The van der Waals surface area contributed by atoms with Crippen molar-refractivity contribution in [3.63, 3.8) is 0 Å². The first-order valence-corrected chi connectivity index (χ1v) is 5.10. The lowest BCUT2D eigenvalue weighted by atomic mass is 9.88. The van der Waals surface area contributed by atoms with Crippen LogP contribution in [-0.4, -0.2) is 21.3 Å². The van der Waals surface area contributed by atoms with E-state index < -0.39 is 6.29 Å². The summed E-state index contributed by atoms with van der Waals surface area (Å²) < 4.78 is 0. The van der Waals surface area contributed by atoms with E-state index in [-0.39, 0.29) is 5.92 Å². The molecule has 0 aromatic rings. The van der Waals surface area contributed by atoms with Crippen molar-refractivity contribution in [1.29, 1.82) is 0 Å². The molecule has 2 rings (SSSR count). The van der Waals surface area contributed by atoms with Gasteiger partial charge in [0.2, 0.25) is 0 Å². The van der Waals surface area contributed by atoms with E-state index in [9.17, 15) is 0 Å². The third kappa shape index (κ3) is 1.23. The minimum Gasteiger partial charge on any atom is -0.368 e. The summed E-state index contributed by atoms with van der Waals surface area (Å²) in [7, 11) is 0. The fourth-order valence-corrected chi connectivity index (χ4v) is 3.80. The van der Waals surface area contributed by atoms with Gasteiger partial charge < -0.3 is 10.2 Å². The molecule has 11 heavy (non-hydrogen) atoms. The molecular weight excluding hydrogens is 208 g/mol. The number of hydrogen-bond donors (Lipinski definition) is 2. The molecule has 2 aliphatic rings. The fraction of sp³-hybridized carbons (Fsp3) is 1.00. The Morgan fingerprint density at radius 2 is 1.91 bits per heavy atom. The van der Waals surface area contributed by atoms with Crippen LogP contribution in [0.3, 0.4) is 0 Å². The van der Waals surface area contributed by atoms with Crippen LogP contribution in [-0.2, 0) is 0 Å². The van der Waals surface area contributed by atoms with E-state index in [1.165, 1.54) is 12.8 Å². The summed E-state index contributed by atoms with van der Waals surface area (Å²) in [5.74, 6) is 1.40. The zero-order valence-electron chi connectivity index (χ0n) is 6.28. The van der Waals surface area contributed by atoms with Crippen molar-refractivity contribution in [2.45, 2.75) is 30.4 Å². The second-order valence-corrected chi connectivity index (χ2v) is 5.01. The highest BCUT2D eigenvalue weighted by molar-refractivity contribution is 9.09. The van der Waals surface area contributed by atoms with Crippen LogP contribution in [0.4, 0.5) is 0 Å². The average molecular weight is 221 g/mol. The largest absolute Gasteiger partial charge is 0.368 e. The number of halogens is 1. The molecule has 2 aliphatic carbocycles. The highest BCUT2D eigenvalue weighted by atomic mass is 79.9. The van der Waals surface area contributed by atoms with E-state index in [4.69, 9.17) is 10.2 Å². The molecule has 3 heteroatoms. The minimum absolute atomic E-state index is 0.137. The van der Waals surface area contributed by atoms with Gasteiger partial charge in [-0.05, 0) is 31.1 Å². The molecule has 0 aromatic carbocycles. The summed E-state index contributed by atoms with van der Waals surface area (Å²) >= 11 is 3.58. The van der Waals surface area contributed by atoms with E-state index in [2.05, 4.69) is 15.9 Å². The zero-order chi connectivity index (χ0) is 8.01. The summed E-state index contributed by atoms with van der Waals surface area (Å²) in [5.41, 5.74) is 0. The highest BCUT2D eigenvalue weighted by Crippen LogP contribution is 2.51. The van der Waals surface area contributed by atoms with Crippen LogP contribution in [0.1, 0.15) is 19.3 Å². The second-order valence-electron chi connectivity index (χ2n) is 3.83. The summed E-state index contributed by atoms with van der Waals surface area (Å²) in [4.78, 5) is 0.535. The van der Waals surface area contributed by atoms with E-state index in [0.717, 1.165) is 12.3 Å². The Kier molecular flexibility index (Phi) is 1.98. The van der Waals surface area contributed by atoms with Gasteiger partial charge in [-0.25, -0.2) is 0 Å². The Balaban J connectivity index is 2.06. The van der Waals surface area contributed by atoms with Gasteiger partial charge in [0, 0.05) is 10.7 Å². The lowest BCUT2D eigenvalue weighted by Crippen LogP contribution is -2.30. The summed E-state index contributed by atoms with van der Waals surface area (Å²) in [5, 5.41) is 18.1. The van der Waals surface area contributed by atoms with Crippen LogP contribution in [0.15, 0.2) is 0 Å². The molecule has 64 valence electrons. The lowest BCUT2D eigenvalue weighted by Gasteiger charge is -2.26. The minimum atomic E-state index is -1.09. The van der Waals surface area contributed by atoms with Crippen LogP contribution in [0.25, 0.3) is 0 Å². The Labute approximate surface area is 74.7 Å². The molecule has 2 fully saturated rings. The number of aliphatic hydroxyl groups excluding tert-OH is 1. The molecule has 2 bridgehead atoms. The van der Waals surface area contributed by atoms with Gasteiger partial charge >= 0.3 is 0 Å². The predicted octanol–water partition coefficient (Wildman–Crippen LogP) is 1.11. The van der Waals surface area contributed by atoms with Crippen LogP contribution in [0, 0.1) is 17.8 Å². The van der Waals surface area contributed by atoms with Crippen molar-refractivity contribution < 1.29 is 10.2 Å². The smallest absolute Gasteiger partial charge is 0.154 e. The maximum Gasteiger partial charge on any atom is 0.154 e. The average Bonchev–Trinajstić information content (AvgIpc) is 2.43. The van der Waals surface area contributed by atoms with Crippen LogP contribution in [0.5, 0.6) is 0 Å². The zero-order valence-corrected chi connectivity index (χ0v) is 7.87. The lowest BCUT2D eigenvalue weighted by molar-refractivity contribution is -0.0972. The van der Waals surface area contributed by atoms with Crippen molar-refractivity contribution in [3.8, 4) is 0 Å². The normalized spacial score (nSPS) is 49.1. The van der Waals surface area contributed by atoms with Crippen LogP contribution in [0.2, 0.25) is 0 Å². The second kappa shape index (κ2) is 2.71. The van der Waals surface area contributed by atoms with Gasteiger partial charge in [0.05, 0.1) is 0 Å². The topological polar surface area (TPSA) is 40.5 Å². The maximum absolute atomic E-state index is 9.03. The van der Waals surface area contributed by atoms with Gasteiger partial charge in [-0.3, -0.25) is 0 Å². The first kappa shape index (κ1) is 8.02. The molecule has 0 radical (unpaired) electrons. The Bertz CT molecular complexity index is 160. The quantitative estimate of drug-likeness (QED) is 0.514. The molecule has 4 unspecified atom stereocenters. The van der Waals surface area contributed by atoms with E-state index in [1.807, 2.05) is 0 Å². The van der Waals surface area contributed by atoms with E-state index >= 15 is 0 Å². The number of aliphatic hydroxyl groups is 2. The van der Waals surface area contributed by atoms with Gasteiger partial charge in [-0.1, -0.05) is 15.9 Å². The first-order chi connectivity index (χ1) is 5.18. The van der Waals surface area contributed by atoms with Crippen LogP contribution < -0.4 is 0 Å². The van der Waals surface area contributed by atoms with Crippen molar-refractivity contribution in [1.82, 2.24) is 0 Å². The molecule has 2 nitrogen and oxygen atoms in total. The number of rotatable bonds is 1. The molecule has 0 aliphatic heterocycles. The number of fused-ring (bicyclic) bond motifs is 2. The third-order valence-corrected chi connectivity index (χ3v) is 4.22. The predicted molar refractivity (Wildman–Crippen MR) is 45.3 cm³/mol. The van der Waals surface area contributed by atoms with Crippen molar-refractivity contribution >= 4 is 15.9 Å². The summed E-state index contributed by atoms with van der Waals surface area (Å²) in [6.45, 7) is 0. The Morgan fingerprint density at radius 1 is 1.18 bits per heavy atom. The molecular formula is C8H13BrO2. The highest BCUT2D eigenvalue weighted by Gasteiger charge is 2.47. The monoisotopic (exact) mass is 220 g/mol. The number of hydrogen-bond acceptors (Lipinski definition) is 2.